The van der Waals surface area contributed by atoms with E-state index in [1.165, 1.54) is 39.2 Å². The number of anilines is 1. The predicted octanol–water partition coefficient (Wildman–Crippen LogP) is 4.13. The van der Waals surface area contributed by atoms with Crippen molar-refractivity contribution in [1.29, 1.82) is 0 Å². The Bertz CT molecular complexity index is 726. The maximum absolute atomic E-state index is 11.4. The molecule has 9 heteroatoms. The lowest BCUT2D eigenvalue weighted by molar-refractivity contribution is -0.140. The van der Waals surface area contributed by atoms with Crippen molar-refractivity contribution in [2.75, 3.05) is 45.3 Å². The van der Waals surface area contributed by atoms with Crippen molar-refractivity contribution in [2.24, 2.45) is 4.99 Å². The minimum atomic E-state index is -0.261. The SMILES string of the molecule is COC(=O)CCNC(=NCCCOC1CCCCC1)Nc1ccc2c(c1)OCCCO2.I. The van der Waals surface area contributed by atoms with E-state index < -0.39 is 0 Å². The van der Waals surface area contributed by atoms with Crippen LogP contribution in [0.25, 0.3) is 0 Å². The number of aliphatic imine (C=N–C) groups is 1. The maximum Gasteiger partial charge on any atom is 0.307 e. The maximum atomic E-state index is 11.4. The first-order valence-electron chi connectivity index (χ1n) is 11.4. The molecule has 1 fully saturated rings. The Morgan fingerprint density at radius 1 is 1.12 bits per heavy atom. The summed E-state index contributed by atoms with van der Waals surface area (Å²) in [4.78, 5) is 16.1. The molecule has 0 bridgehead atoms. The van der Waals surface area contributed by atoms with Crippen LogP contribution in [0.15, 0.2) is 23.2 Å². The van der Waals surface area contributed by atoms with Gasteiger partial charge in [0.15, 0.2) is 17.5 Å². The lowest BCUT2D eigenvalue weighted by Gasteiger charge is -2.21. The molecule has 0 saturated heterocycles. The summed E-state index contributed by atoms with van der Waals surface area (Å²) in [6, 6.07) is 5.73. The molecule has 1 heterocycles. The summed E-state index contributed by atoms with van der Waals surface area (Å²) in [7, 11) is 1.39. The van der Waals surface area contributed by atoms with Gasteiger partial charge in [0.2, 0.25) is 0 Å². The van der Waals surface area contributed by atoms with E-state index in [0.717, 1.165) is 30.0 Å². The van der Waals surface area contributed by atoms with Crippen LogP contribution in [0.5, 0.6) is 11.5 Å². The van der Waals surface area contributed by atoms with Crippen molar-refractivity contribution in [3.8, 4) is 11.5 Å². The van der Waals surface area contributed by atoms with Gasteiger partial charge < -0.3 is 29.6 Å². The number of ether oxygens (including phenoxy) is 4. The van der Waals surface area contributed by atoms with Crippen molar-refractivity contribution in [1.82, 2.24) is 5.32 Å². The Balaban J connectivity index is 0.00000363. The Morgan fingerprint density at radius 3 is 2.69 bits per heavy atom. The van der Waals surface area contributed by atoms with E-state index in [9.17, 15) is 4.79 Å². The van der Waals surface area contributed by atoms with Crippen molar-refractivity contribution in [2.45, 2.75) is 57.5 Å². The molecule has 1 saturated carbocycles. The normalized spacial score (nSPS) is 16.5. The van der Waals surface area contributed by atoms with Crippen molar-refractivity contribution in [3.63, 3.8) is 0 Å². The number of carbonyl (C=O) groups excluding carboxylic acids is 1. The number of nitrogens with one attached hydrogen (secondary N) is 2. The van der Waals surface area contributed by atoms with E-state index in [-0.39, 0.29) is 36.4 Å². The van der Waals surface area contributed by atoms with Crippen LogP contribution in [0, 0.1) is 0 Å². The minimum absolute atomic E-state index is 0. The fraction of sp³-hybridized carbons (Fsp3) is 0.652. The van der Waals surface area contributed by atoms with Crippen molar-refractivity contribution in [3.05, 3.63) is 18.2 Å². The smallest absolute Gasteiger partial charge is 0.307 e. The summed E-state index contributed by atoms with van der Waals surface area (Å²) in [5.74, 6) is 1.82. The number of fused-ring (bicyclic) bond motifs is 1. The second kappa shape index (κ2) is 15.2. The third-order valence-corrected chi connectivity index (χ3v) is 5.34. The monoisotopic (exact) mass is 561 g/mol. The summed E-state index contributed by atoms with van der Waals surface area (Å²) in [6.07, 6.45) is 8.62. The highest BCUT2D eigenvalue weighted by molar-refractivity contribution is 14.0. The van der Waals surface area contributed by atoms with Gasteiger partial charge in [-0.25, -0.2) is 0 Å². The topological polar surface area (TPSA) is 90.4 Å². The van der Waals surface area contributed by atoms with Gasteiger partial charge in [-0.05, 0) is 31.4 Å². The van der Waals surface area contributed by atoms with Gasteiger partial charge in [0.25, 0.3) is 0 Å². The molecule has 0 spiro atoms. The van der Waals surface area contributed by atoms with Gasteiger partial charge in [0, 0.05) is 37.9 Å². The molecule has 2 aliphatic rings. The average Bonchev–Trinajstić information content (AvgIpc) is 3.04. The van der Waals surface area contributed by atoms with Crippen molar-refractivity contribution >= 4 is 41.6 Å². The zero-order valence-corrected chi connectivity index (χ0v) is 21.2. The van der Waals surface area contributed by atoms with Crippen LogP contribution in [-0.2, 0) is 14.3 Å². The largest absolute Gasteiger partial charge is 0.490 e. The molecule has 8 nitrogen and oxygen atoms in total. The number of hydrogen-bond donors (Lipinski definition) is 2. The molecule has 1 aliphatic heterocycles. The number of carbonyl (C=O) groups is 1. The molecule has 1 aromatic carbocycles. The van der Waals surface area contributed by atoms with Crippen LogP contribution < -0.4 is 20.1 Å². The standard InChI is InChI=1S/C23H35N3O5.HI/c1-28-22(27)11-13-25-23(24-12-5-14-29-19-7-3-2-4-8-19)26-18-9-10-20-21(17-18)31-16-6-15-30-20;/h9-10,17,19H,2-8,11-16H2,1H3,(H2,24,25,26);1H. The quantitative estimate of drug-likeness (QED) is 0.154. The predicted molar refractivity (Wildman–Crippen MR) is 135 cm³/mol. The van der Waals surface area contributed by atoms with Crippen LogP contribution in [-0.4, -0.2) is 58.1 Å². The number of methoxy groups -OCH3 is 1. The number of esters is 1. The number of hydrogen-bond acceptors (Lipinski definition) is 6. The lowest BCUT2D eigenvalue weighted by atomic mass is 9.98. The first-order valence-corrected chi connectivity index (χ1v) is 11.4. The molecular weight excluding hydrogens is 525 g/mol. The highest BCUT2D eigenvalue weighted by Crippen LogP contribution is 2.32. The van der Waals surface area contributed by atoms with Gasteiger partial charge in [-0.2, -0.15) is 0 Å². The summed E-state index contributed by atoms with van der Waals surface area (Å²) in [5, 5.41) is 6.48. The first-order chi connectivity index (χ1) is 15.2. The fourth-order valence-electron chi connectivity index (χ4n) is 3.64. The van der Waals surface area contributed by atoms with E-state index in [1.807, 2.05) is 18.2 Å². The molecule has 0 aromatic heterocycles. The molecule has 0 atom stereocenters. The van der Waals surface area contributed by atoms with Crippen LogP contribution in [0.2, 0.25) is 0 Å². The van der Waals surface area contributed by atoms with Gasteiger partial charge in [-0.3, -0.25) is 9.79 Å². The zero-order valence-electron chi connectivity index (χ0n) is 18.9. The fourth-order valence-corrected chi connectivity index (χ4v) is 3.64. The van der Waals surface area contributed by atoms with E-state index >= 15 is 0 Å². The molecule has 3 rings (SSSR count). The van der Waals surface area contributed by atoms with Gasteiger partial charge in [0.1, 0.15) is 0 Å². The molecule has 1 aliphatic carbocycles. The Morgan fingerprint density at radius 2 is 1.91 bits per heavy atom. The minimum Gasteiger partial charge on any atom is -0.490 e. The second-order valence-corrected chi connectivity index (χ2v) is 7.80. The average molecular weight is 561 g/mol. The van der Waals surface area contributed by atoms with Crippen LogP contribution in [0.1, 0.15) is 51.4 Å². The number of nitrogens with zero attached hydrogens (tertiary/aromatic N) is 1. The lowest BCUT2D eigenvalue weighted by Crippen LogP contribution is -2.33. The molecular formula is C23H36IN3O5. The number of halogens is 1. The molecule has 180 valence electrons. The van der Waals surface area contributed by atoms with Crippen molar-refractivity contribution < 1.29 is 23.7 Å². The number of guanidine groups is 1. The highest BCUT2D eigenvalue weighted by atomic mass is 127. The third-order valence-electron chi connectivity index (χ3n) is 5.34. The zero-order chi connectivity index (χ0) is 21.7. The van der Waals surface area contributed by atoms with E-state index in [0.29, 0.717) is 45.0 Å². The molecule has 0 amide bonds. The molecule has 0 radical (unpaired) electrons. The second-order valence-electron chi connectivity index (χ2n) is 7.80. The number of rotatable bonds is 9. The molecule has 2 N–H and O–H groups in total. The molecule has 1 aromatic rings. The van der Waals surface area contributed by atoms with Gasteiger partial charge in [-0.15, -0.1) is 24.0 Å². The number of benzene rings is 1. The first kappa shape index (κ1) is 26.5. The highest BCUT2D eigenvalue weighted by Gasteiger charge is 2.14. The Kier molecular flexibility index (Phi) is 12.5. The van der Waals surface area contributed by atoms with E-state index in [4.69, 9.17) is 18.9 Å². The summed E-state index contributed by atoms with van der Waals surface area (Å²) < 4.78 is 22.1. The Labute approximate surface area is 207 Å². The Hall–Kier alpha value is -1.75. The van der Waals surface area contributed by atoms with Crippen LogP contribution in [0.3, 0.4) is 0 Å². The summed E-state index contributed by atoms with van der Waals surface area (Å²) in [5.41, 5.74) is 0.840. The van der Waals surface area contributed by atoms with Gasteiger partial charge >= 0.3 is 5.97 Å². The summed E-state index contributed by atoms with van der Waals surface area (Å²) >= 11 is 0. The molecule has 32 heavy (non-hydrogen) atoms. The summed E-state index contributed by atoms with van der Waals surface area (Å²) in [6.45, 7) is 3.07. The van der Waals surface area contributed by atoms with E-state index in [1.54, 1.807) is 0 Å². The van der Waals surface area contributed by atoms with Crippen LogP contribution >= 0.6 is 24.0 Å². The van der Waals surface area contributed by atoms with Gasteiger partial charge in [0.05, 0.1) is 32.8 Å². The molecule has 0 unspecified atom stereocenters. The van der Waals surface area contributed by atoms with Crippen LogP contribution in [0.4, 0.5) is 5.69 Å². The van der Waals surface area contributed by atoms with Gasteiger partial charge in [-0.1, -0.05) is 19.3 Å². The van der Waals surface area contributed by atoms with E-state index in [2.05, 4.69) is 15.6 Å². The third kappa shape index (κ3) is 9.40.